The Morgan fingerprint density at radius 3 is 2.48 bits per heavy atom. The van der Waals surface area contributed by atoms with Crippen LogP contribution in [-0.4, -0.2) is 55.8 Å². The lowest BCUT2D eigenvalue weighted by Gasteiger charge is -2.28. The monoisotopic (exact) mass is 420 g/mol. The normalized spacial score (nSPS) is 18.2. The second kappa shape index (κ2) is 8.85. The zero-order valence-corrected chi connectivity index (χ0v) is 16.9. The number of amides is 3. The highest BCUT2D eigenvalue weighted by molar-refractivity contribution is 7.85. The molecular weight excluding hydrogens is 396 g/mol. The first kappa shape index (κ1) is 21.2. The van der Waals surface area contributed by atoms with E-state index in [-0.39, 0.29) is 11.9 Å². The van der Waals surface area contributed by atoms with Gasteiger partial charge in [-0.2, -0.15) is 8.42 Å². The van der Waals surface area contributed by atoms with Gasteiger partial charge in [-0.25, -0.2) is 4.79 Å². The van der Waals surface area contributed by atoms with Gasteiger partial charge in [-0.3, -0.25) is 24.5 Å². The minimum atomic E-state index is -3.67. The van der Waals surface area contributed by atoms with Crippen LogP contribution in [-0.2, 0) is 14.9 Å². The van der Waals surface area contributed by atoms with E-state index >= 15 is 0 Å². The van der Waals surface area contributed by atoms with Crippen molar-refractivity contribution in [2.45, 2.75) is 25.2 Å². The summed E-state index contributed by atoms with van der Waals surface area (Å²) in [4.78, 5) is 29.6. The van der Waals surface area contributed by atoms with Gasteiger partial charge in [-0.05, 0) is 37.4 Å². The first-order valence-electron chi connectivity index (χ1n) is 9.35. The zero-order chi connectivity index (χ0) is 21.0. The molecule has 0 spiro atoms. The number of aromatic nitrogens is 1. The third kappa shape index (κ3) is 5.49. The van der Waals surface area contributed by atoms with Crippen molar-refractivity contribution in [3.05, 3.63) is 36.2 Å². The van der Waals surface area contributed by atoms with Crippen LogP contribution in [0, 0.1) is 0 Å². The number of rotatable bonds is 2. The van der Waals surface area contributed by atoms with Crippen LogP contribution in [0.1, 0.15) is 30.7 Å². The van der Waals surface area contributed by atoms with E-state index in [2.05, 4.69) is 27.8 Å². The van der Waals surface area contributed by atoms with E-state index in [1.165, 1.54) is 5.56 Å². The Morgan fingerprint density at radius 2 is 1.83 bits per heavy atom. The predicted molar refractivity (Wildman–Crippen MR) is 110 cm³/mol. The highest BCUT2D eigenvalue weighted by Crippen LogP contribution is 2.35. The van der Waals surface area contributed by atoms with Gasteiger partial charge in [-0.15, -0.1) is 0 Å². The summed E-state index contributed by atoms with van der Waals surface area (Å²) in [5, 5.41) is 7.90. The second-order valence-corrected chi connectivity index (χ2v) is 8.58. The number of imide groups is 1. The number of anilines is 1. The molecular formula is C19H24N4O5S. The molecule has 2 aromatic rings. The molecule has 0 aliphatic carbocycles. The van der Waals surface area contributed by atoms with Crippen LogP contribution < -0.4 is 15.5 Å². The summed E-state index contributed by atoms with van der Waals surface area (Å²) in [7, 11) is -3.67. The first-order chi connectivity index (χ1) is 13.7. The van der Waals surface area contributed by atoms with E-state index in [4.69, 9.17) is 4.55 Å². The molecule has 2 aliphatic rings. The van der Waals surface area contributed by atoms with Gasteiger partial charge < -0.3 is 5.32 Å². The number of nitrogens with zero attached hydrogens (tertiary/aromatic N) is 2. The van der Waals surface area contributed by atoms with E-state index in [9.17, 15) is 18.0 Å². The molecule has 2 fully saturated rings. The molecule has 1 aromatic heterocycles. The number of carbonyl (C=O) groups is 2. The molecule has 1 aromatic carbocycles. The van der Waals surface area contributed by atoms with Crippen molar-refractivity contribution in [2.75, 3.05) is 30.8 Å². The van der Waals surface area contributed by atoms with Crippen molar-refractivity contribution in [1.82, 2.24) is 15.6 Å². The Bertz CT molecular complexity index is 1010. The van der Waals surface area contributed by atoms with Crippen molar-refractivity contribution in [3.63, 3.8) is 0 Å². The van der Waals surface area contributed by atoms with Crippen LogP contribution in [0.15, 0.2) is 30.6 Å². The number of pyridine rings is 1. The highest BCUT2D eigenvalue weighted by atomic mass is 32.2. The molecule has 29 heavy (non-hydrogen) atoms. The van der Waals surface area contributed by atoms with Gasteiger partial charge in [0.15, 0.2) is 0 Å². The van der Waals surface area contributed by atoms with Gasteiger partial charge in [0.05, 0.1) is 18.1 Å². The molecule has 3 amide bonds. The fraction of sp³-hybridized carbons (Fsp3) is 0.421. The lowest BCUT2D eigenvalue weighted by molar-refractivity contribution is -0.120. The minimum Gasteiger partial charge on any atom is -0.317 e. The molecule has 2 aliphatic heterocycles. The molecule has 2 saturated heterocycles. The molecule has 0 atom stereocenters. The molecule has 10 heteroatoms. The van der Waals surface area contributed by atoms with Crippen LogP contribution in [0.4, 0.5) is 10.5 Å². The van der Waals surface area contributed by atoms with Gasteiger partial charge in [0.2, 0.25) is 5.91 Å². The molecule has 0 saturated carbocycles. The standard InChI is InChI=1S/C18H20N4O2.CH4O3S/c23-17-6-9-22(18(24)21-17)16-11-20-10-15-13(2-1-3-14(15)16)12-4-7-19-8-5-12;1-5(2,3)4/h1-3,10-12,19H,4-9H2,(H,21,23,24);1H3,(H,2,3,4). The van der Waals surface area contributed by atoms with E-state index in [1.807, 2.05) is 12.3 Å². The molecule has 0 radical (unpaired) electrons. The van der Waals surface area contributed by atoms with Crippen LogP contribution in [0.3, 0.4) is 0 Å². The Hall–Kier alpha value is -2.56. The Balaban J connectivity index is 0.000000431. The summed E-state index contributed by atoms with van der Waals surface area (Å²) in [6.07, 6.45) is 6.86. The maximum atomic E-state index is 12.2. The average molecular weight is 420 g/mol. The van der Waals surface area contributed by atoms with E-state index in [0.29, 0.717) is 25.1 Å². The van der Waals surface area contributed by atoms with Crippen LogP contribution >= 0.6 is 0 Å². The maximum absolute atomic E-state index is 12.2. The maximum Gasteiger partial charge on any atom is 0.328 e. The SMILES string of the molecule is CS(=O)(=O)O.O=C1CCN(c2cncc3c(C4CCNCC4)cccc23)C(=O)N1. The number of piperidine rings is 1. The lowest BCUT2D eigenvalue weighted by atomic mass is 9.87. The molecule has 0 bridgehead atoms. The Labute approximate surface area is 169 Å². The third-order valence-electron chi connectivity index (χ3n) is 4.94. The summed E-state index contributed by atoms with van der Waals surface area (Å²) in [5.41, 5.74) is 2.07. The van der Waals surface area contributed by atoms with Gasteiger partial charge in [0, 0.05) is 29.9 Å². The smallest absolute Gasteiger partial charge is 0.317 e. The van der Waals surface area contributed by atoms with Crippen LogP contribution in [0.5, 0.6) is 0 Å². The number of urea groups is 1. The fourth-order valence-electron chi connectivity index (χ4n) is 3.70. The number of hydrogen-bond donors (Lipinski definition) is 3. The van der Waals surface area contributed by atoms with E-state index < -0.39 is 10.1 Å². The second-order valence-electron chi connectivity index (χ2n) is 7.11. The third-order valence-corrected chi connectivity index (χ3v) is 4.94. The molecule has 9 nitrogen and oxygen atoms in total. The quantitative estimate of drug-likeness (QED) is 0.630. The van der Waals surface area contributed by atoms with Crippen molar-refractivity contribution in [1.29, 1.82) is 0 Å². The van der Waals surface area contributed by atoms with Crippen LogP contribution in [0.25, 0.3) is 10.8 Å². The summed E-state index contributed by atoms with van der Waals surface area (Å²) in [6, 6.07) is 5.88. The van der Waals surface area contributed by atoms with Gasteiger partial charge in [-0.1, -0.05) is 18.2 Å². The average Bonchev–Trinajstić information content (AvgIpc) is 2.67. The lowest BCUT2D eigenvalue weighted by Crippen LogP contribution is -2.49. The largest absolute Gasteiger partial charge is 0.328 e. The van der Waals surface area contributed by atoms with Crippen LogP contribution in [0.2, 0.25) is 0 Å². The number of fused-ring (bicyclic) bond motifs is 1. The number of benzene rings is 1. The molecule has 156 valence electrons. The van der Waals surface area contributed by atoms with E-state index in [0.717, 1.165) is 42.4 Å². The molecule has 3 N–H and O–H groups in total. The first-order valence-corrected chi connectivity index (χ1v) is 11.2. The summed E-state index contributed by atoms with van der Waals surface area (Å²) < 4.78 is 25.9. The van der Waals surface area contributed by atoms with Crippen molar-refractivity contribution < 1.29 is 22.6 Å². The van der Waals surface area contributed by atoms with Crippen molar-refractivity contribution in [2.24, 2.45) is 0 Å². The summed E-state index contributed by atoms with van der Waals surface area (Å²) in [5.74, 6) is 0.295. The van der Waals surface area contributed by atoms with Crippen molar-refractivity contribution in [3.8, 4) is 0 Å². The molecule has 4 rings (SSSR count). The fourth-order valence-corrected chi connectivity index (χ4v) is 3.70. The predicted octanol–water partition coefficient (Wildman–Crippen LogP) is 1.65. The van der Waals surface area contributed by atoms with Gasteiger partial charge in [0.25, 0.3) is 10.1 Å². The number of carbonyl (C=O) groups excluding carboxylic acids is 2. The topological polar surface area (TPSA) is 129 Å². The molecule has 0 unspecified atom stereocenters. The number of nitrogens with one attached hydrogen (secondary N) is 2. The van der Waals surface area contributed by atoms with Gasteiger partial charge in [0.1, 0.15) is 0 Å². The summed E-state index contributed by atoms with van der Waals surface area (Å²) in [6.45, 7) is 2.46. The highest BCUT2D eigenvalue weighted by Gasteiger charge is 2.26. The Morgan fingerprint density at radius 1 is 1.14 bits per heavy atom. The molecule has 3 heterocycles. The Kier molecular flexibility index (Phi) is 6.46. The number of hydrogen-bond acceptors (Lipinski definition) is 6. The van der Waals surface area contributed by atoms with E-state index in [1.54, 1.807) is 11.1 Å². The minimum absolute atomic E-state index is 0.222. The van der Waals surface area contributed by atoms with Crippen molar-refractivity contribution >= 4 is 38.5 Å². The summed E-state index contributed by atoms with van der Waals surface area (Å²) >= 11 is 0. The zero-order valence-electron chi connectivity index (χ0n) is 16.1. The van der Waals surface area contributed by atoms with Gasteiger partial charge >= 0.3 is 6.03 Å².